The van der Waals surface area contributed by atoms with E-state index in [9.17, 15) is 16.8 Å². The summed E-state index contributed by atoms with van der Waals surface area (Å²) in [5, 5.41) is 12.0. The number of anilines is 4. The number of benzene rings is 3. The third kappa shape index (κ3) is 8.44. The molecule has 0 saturated heterocycles. The summed E-state index contributed by atoms with van der Waals surface area (Å²) >= 11 is 3.45. The molecule has 0 radical (unpaired) electrons. The Labute approximate surface area is 253 Å². The van der Waals surface area contributed by atoms with Gasteiger partial charge in [0.15, 0.2) is 31.3 Å². The van der Waals surface area contributed by atoms with Crippen molar-refractivity contribution < 1.29 is 16.8 Å². The van der Waals surface area contributed by atoms with Gasteiger partial charge in [-0.25, -0.2) is 16.8 Å². The number of hydrogen-bond acceptors (Lipinski definition) is 11. The Morgan fingerprint density at radius 2 is 1.14 bits per heavy atom. The minimum Gasteiger partial charge on any atom is -0.324 e. The van der Waals surface area contributed by atoms with Gasteiger partial charge in [-0.2, -0.15) is 20.2 Å². The van der Waals surface area contributed by atoms with Crippen LogP contribution in [0.1, 0.15) is 25.0 Å². The summed E-state index contributed by atoms with van der Waals surface area (Å²) in [6.07, 6.45) is 2.32. The predicted octanol–water partition coefficient (Wildman–Crippen LogP) is 5.46. The largest absolute Gasteiger partial charge is 0.324 e. The Balaban J connectivity index is 1.60. The Kier molecular flexibility index (Phi) is 9.39. The lowest BCUT2D eigenvalue weighted by Gasteiger charge is -2.11. The van der Waals surface area contributed by atoms with E-state index in [1.807, 2.05) is 24.3 Å². The number of sulfone groups is 2. The van der Waals surface area contributed by atoms with Gasteiger partial charge >= 0.3 is 0 Å². The zero-order chi connectivity index (χ0) is 30.5. The summed E-state index contributed by atoms with van der Waals surface area (Å²) in [6, 6.07) is 22.0. The minimum absolute atomic E-state index is 0.226. The van der Waals surface area contributed by atoms with Crippen molar-refractivity contribution in [1.29, 1.82) is 0 Å². The summed E-state index contributed by atoms with van der Waals surface area (Å²) in [7, 11) is -6.60. The molecule has 3 N–H and O–H groups in total. The second kappa shape index (κ2) is 12.8. The second-order valence-electron chi connectivity index (χ2n) is 9.31. The molecular weight excluding hydrogens is 642 g/mol. The molecule has 0 spiro atoms. The van der Waals surface area contributed by atoms with E-state index in [4.69, 9.17) is 0 Å². The SMILES string of the molecule is CC(=NNc1cc(NN=C(C)c2ccc(S(C)(=O)=O)cc2)nc(Nc2cccc(Br)c2)n1)c1ccc(S(C)(=O)=O)cc1. The van der Waals surface area contributed by atoms with Gasteiger partial charge in [-0.05, 0) is 67.4 Å². The van der Waals surface area contributed by atoms with E-state index in [0.717, 1.165) is 33.8 Å². The summed E-state index contributed by atoms with van der Waals surface area (Å²) in [5.41, 5.74) is 9.29. The van der Waals surface area contributed by atoms with Gasteiger partial charge in [-0.3, -0.25) is 10.9 Å². The van der Waals surface area contributed by atoms with E-state index in [1.54, 1.807) is 44.2 Å². The maximum atomic E-state index is 11.8. The smallest absolute Gasteiger partial charge is 0.231 e. The molecule has 42 heavy (non-hydrogen) atoms. The molecule has 0 bridgehead atoms. The Bertz CT molecular complexity index is 1760. The lowest BCUT2D eigenvalue weighted by Crippen LogP contribution is -2.07. The molecule has 3 aromatic carbocycles. The fourth-order valence-electron chi connectivity index (χ4n) is 3.61. The average Bonchev–Trinajstić information content (AvgIpc) is 2.94. The molecule has 0 aliphatic carbocycles. The van der Waals surface area contributed by atoms with Gasteiger partial charge in [-0.1, -0.05) is 46.3 Å². The molecule has 4 aromatic rings. The Hall–Kier alpha value is -4.14. The Morgan fingerprint density at radius 3 is 1.55 bits per heavy atom. The number of aromatic nitrogens is 2. The topological polar surface area (TPSA) is 155 Å². The van der Waals surface area contributed by atoms with Gasteiger partial charge in [-0.15, -0.1) is 0 Å². The van der Waals surface area contributed by atoms with E-state index in [1.165, 1.54) is 24.3 Å². The minimum atomic E-state index is -3.30. The normalized spacial score (nSPS) is 12.6. The number of nitrogens with zero attached hydrogens (tertiary/aromatic N) is 4. The number of hydrogen-bond donors (Lipinski definition) is 3. The number of rotatable bonds is 10. The maximum Gasteiger partial charge on any atom is 0.231 e. The van der Waals surface area contributed by atoms with Crippen LogP contribution in [0.5, 0.6) is 0 Å². The summed E-state index contributed by atoms with van der Waals surface area (Å²) in [4.78, 5) is 9.47. The Morgan fingerprint density at radius 1 is 0.690 bits per heavy atom. The van der Waals surface area contributed by atoms with Crippen LogP contribution in [0, 0.1) is 0 Å². The van der Waals surface area contributed by atoms with Crippen molar-refractivity contribution in [3.63, 3.8) is 0 Å². The second-order valence-corrected chi connectivity index (χ2v) is 14.3. The molecule has 0 unspecified atom stereocenters. The summed E-state index contributed by atoms with van der Waals surface area (Å²) in [5.74, 6) is 1.00. The summed E-state index contributed by atoms with van der Waals surface area (Å²) < 4.78 is 47.9. The van der Waals surface area contributed by atoms with Crippen LogP contribution in [0.4, 0.5) is 23.3 Å². The van der Waals surface area contributed by atoms with Crippen LogP contribution in [-0.4, -0.2) is 50.7 Å². The van der Waals surface area contributed by atoms with Gasteiger partial charge < -0.3 is 5.32 Å². The molecular formula is C28H28BrN7O4S2. The molecule has 11 nitrogen and oxygen atoms in total. The molecule has 0 fully saturated rings. The van der Waals surface area contributed by atoms with Crippen LogP contribution in [-0.2, 0) is 19.7 Å². The maximum absolute atomic E-state index is 11.8. The lowest BCUT2D eigenvalue weighted by atomic mass is 10.1. The highest BCUT2D eigenvalue weighted by atomic mass is 79.9. The van der Waals surface area contributed by atoms with Gasteiger partial charge in [0, 0.05) is 28.7 Å². The third-order valence-corrected chi connectivity index (χ3v) is 8.63. The van der Waals surface area contributed by atoms with Gasteiger partial charge in [0.1, 0.15) is 0 Å². The van der Waals surface area contributed by atoms with Crippen molar-refractivity contribution in [2.24, 2.45) is 10.2 Å². The van der Waals surface area contributed by atoms with Crippen molar-refractivity contribution in [1.82, 2.24) is 9.97 Å². The number of hydrazone groups is 2. The fraction of sp³-hybridized carbons (Fsp3) is 0.143. The molecule has 218 valence electrons. The molecule has 0 saturated carbocycles. The first-order valence-electron chi connectivity index (χ1n) is 12.4. The van der Waals surface area contributed by atoms with Crippen LogP contribution in [0.15, 0.2) is 103 Å². The van der Waals surface area contributed by atoms with E-state index in [2.05, 4.69) is 52.3 Å². The van der Waals surface area contributed by atoms with Gasteiger partial charge in [0.2, 0.25) is 5.95 Å². The first-order valence-corrected chi connectivity index (χ1v) is 17.0. The quantitative estimate of drug-likeness (QED) is 0.147. The highest BCUT2D eigenvalue weighted by Gasteiger charge is 2.10. The van der Waals surface area contributed by atoms with Crippen LogP contribution in [0.3, 0.4) is 0 Å². The monoisotopic (exact) mass is 669 g/mol. The molecule has 0 aliphatic rings. The lowest BCUT2D eigenvalue weighted by molar-refractivity contribution is 0.600. The van der Waals surface area contributed by atoms with Crippen molar-refractivity contribution in [3.8, 4) is 0 Å². The van der Waals surface area contributed by atoms with Crippen LogP contribution in [0.2, 0.25) is 0 Å². The summed E-state index contributed by atoms with van der Waals surface area (Å²) in [6.45, 7) is 3.57. The van der Waals surface area contributed by atoms with E-state index in [-0.39, 0.29) is 15.7 Å². The number of nitrogens with one attached hydrogen (secondary N) is 3. The predicted molar refractivity (Wildman–Crippen MR) is 170 cm³/mol. The van der Waals surface area contributed by atoms with Crippen LogP contribution in [0.25, 0.3) is 0 Å². The third-order valence-electron chi connectivity index (χ3n) is 5.88. The fourth-order valence-corrected chi connectivity index (χ4v) is 5.27. The molecule has 0 amide bonds. The highest BCUT2D eigenvalue weighted by Crippen LogP contribution is 2.22. The van der Waals surface area contributed by atoms with E-state index in [0.29, 0.717) is 23.1 Å². The zero-order valence-corrected chi connectivity index (χ0v) is 26.3. The van der Waals surface area contributed by atoms with Gasteiger partial charge in [0.25, 0.3) is 0 Å². The van der Waals surface area contributed by atoms with E-state index < -0.39 is 19.7 Å². The first kappa shape index (κ1) is 30.8. The zero-order valence-electron chi connectivity index (χ0n) is 23.1. The van der Waals surface area contributed by atoms with Crippen molar-refractivity contribution in [2.75, 3.05) is 28.7 Å². The van der Waals surface area contributed by atoms with Crippen LogP contribution >= 0.6 is 15.9 Å². The molecule has 0 atom stereocenters. The molecule has 1 heterocycles. The van der Waals surface area contributed by atoms with Gasteiger partial charge in [0.05, 0.1) is 21.2 Å². The molecule has 0 aliphatic heterocycles. The number of halogens is 1. The average molecular weight is 671 g/mol. The molecule has 14 heteroatoms. The van der Waals surface area contributed by atoms with Crippen LogP contribution < -0.4 is 16.2 Å². The van der Waals surface area contributed by atoms with Crippen molar-refractivity contribution >= 4 is 70.3 Å². The van der Waals surface area contributed by atoms with Crippen molar-refractivity contribution in [2.45, 2.75) is 23.6 Å². The van der Waals surface area contributed by atoms with Crippen molar-refractivity contribution in [3.05, 3.63) is 94.5 Å². The standard InChI is InChI=1S/C28H28BrN7O4S2/c1-18(20-8-12-24(13-9-20)41(3,37)38)33-35-26-17-27(32-28(31-26)30-23-7-5-6-22(29)16-23)36-34-19(2)21-10-14-25(15-11-21)42(4,39)40/h5-17H,1-4H3,(H3,30,31,32,35,36). The molecule has 4 rings (SSSR count). The molecule has 1 aromatic heterocycles. The first-order chi connectivity index (χ1) is 19.8. The van der Waals surface area contributed by atoms with E-state index >= 15 is 0 Å². The highest BCUT2D eigenvalue weighted by molar-refractivity contribution is 9.10.